The molecule has 0 saturated carbocycles. The smallest absolute Gasteiger partial charge is 0.306 e. The highest BCUT2D eigenvalue weighted by molar-refractivity contribution is 5.70. The molecule has 0 aromatic heterocycles. The number of hydrogen-bond acceptors (Lipinski definition) is 7. The van der Waals surface area contributed by atoms with Crippen LogP contribution in [0.4, 0.5) is 0 Å². The average Bonchev–Trinajstić information content (AvgIpc) is 3.21. The molecule has 0 heterocycles. The Morgan fingerprint density at radius 2 is 0.983 bits per heavy atom. The van der Waals surface area contributed by atoms with Crippen molar-refractivity contribution in [3.8, 4) is 0 Å². The van der Waals surface area contributed by atoms with Gasteiger partial charge in [-0.25, -0.2) is 0 Å². The van der Waals surface area contributed by atoms with E-state index < -0.39 is 18.1 Å². The van der Waals surface area contributed by atoms with Crippen LogP contribution in [0.5, 0.6) is 0 Å². The molecule has 60 heavy (non-hydrogen) atoms. The number of nitrogens with zero attached hydrogens (tertiary/aromatic N) is 1. The fourth-order valence-corrected chi connectivity index (χ4v) is 6.90. The number of quaternary nitrogens is 1. The van der Waals surface area contributed by atoms with Crippen molar-refractivity contribution in [1.29, 1.82) is 0 Å². The lowest BCUT2D eigenvalue weighted by molar-refractivity contribution is -0.889. The number of carboxylic acids is 1. The molecule has 8 nitrogen and oxygen atoms in total. The van der Waals surface area contributed by atoms with Crippen molar-refractivity contribution >= 4 is 17.9 Å². The second kappa shape index (κ2) is 42.7. The Hall–Kier alpha value is -2.97. The summed E-state index contributed by atoms with van der Waals surface area (Å²) < 4.78 is 17.2. The summed E-state index contributed by atoms with van der Waals surface area (Å²) in [4.78, 5) is 37.0. The third-order valence-corrected chi connectivity index (χ3v) is 10.7. The highest BCUT2D eigenvalue weighted by Gasteiger charge is 2.25. The Kier molecular flexibility index (Phi) is 40.6. The van der Waals surface area contributed by atoms with Crippen molar-refractivity contribution in [2.24, 2.45) is 0 Å². The van der Waals surface area contributed by atoms with Crippen LogP contribution in [-0.2, 0) is 28.6 Å². The number of allylic oxidation sites excluding steroid dienone is 10. The third-order valence-electron chi connectivity index (χ3n) is 10.7. The number of carbonyl (C=O) groups excluding carboxylic acids is 3. The molecule has 0 aromatic rings. The molecule has 346 valence electrons. The molecule has 0 spiro atoms. The van der Waals surface area contributed by atoms with E-state index in [1.165, 1.54) is 96.3 Å². The van der Waals surface area contributed by atoms with Crippen LogP contribution in [0.3, 0.4) is 0 Å². The van der Waals surface area contributed by atoms with E-state index in [-0.39, 0.29) is 42.7 Å². The number of ether oxygens (including phenoxy) is 3. The van der Waals surface area contributed by atoms with E-state index in [2.05, 4.69) is 74.6 Å². The standard InChI is InChI=1S/C52H91NO7/c1-6-8-10-12-14-16-18-20-22-24-25-26-27-29-30-32-34-36-38-40-42-50(54)59-47-48(46-58-45-44-49(52(56)57)53(3,4)5)60-51(55)43-41-39-37-35-33-31-28-23-21-19-17-15-13-11-9-7-2/h9,11,15-18,20-23,48-49H,6-8,10,12-14,19,24-47H2,1-5H3/b11-9+,17-15+,18-16+,22-20+,23-21+. The minimum atomic E-state index is -1.13. The number of hydrogen-bond donors (Lipinski definition) is 0. The molecule has 2 atom stereocenters. The SMILES string of the molecule is CC/C=C/C/C=C/C/C=C/CCCCCCCCC(=O)OC(COCCC(C(=O)[O-])[N+](C)(C)C)COC(=O)CCCCCCCCCCCC/C=C/C=C/CCCCCC. The van der Waals surface area contributed by atoms with Gasteiger partial charge in [0.05, 0.1) is 40.3 Å². The van der Waals surface area contributed by atoms with E-state index in [9.17, 15) is 19.5 Å². The molecule has 0 bridgehead atoms. The van der Waals surface area contributed by atoms with E-state index in [4.69, 9.17) is 14.2 Å². The molecular formula is C52H91NO7. The van der Waals surface area contributed by atoms with Crippen molar-refractivity contribution < 1.29 is 38.2 Å². The summed E-state index contributed by atoms with van der Waals surface area (Å²) in [5.74, 6) is -1.76. The van der Waals surface area contributed by atoms with Crippen molar-refractivity contribution in [3.05, 3.63) is 60.8 Å². The summed E-state index contributed by atoms with van der Waals surface area (Å²) in [6.45, 7) is 4.52. The van der Waals surface area contributed by atoms with Gasteiger partial charge in [0.2, 0.25) is 0 Å². The molecule has 0 amide bonds. The Balaban J connectivity index is 4.29. The number of carboxylic acid groups (broad SMARTS) is 1. The lowest BCUT2D eigenvalue weighted by Gasteiger charge is -2.34. The molecule has 2 unspecified atom stereocenters. The first kappa shape index (κ1) is 57.0. The summed E-state index contributed by atoms with van der Waals surface area (Å²) in [7, 11) is 5.40. The topological polar surface area (TPSA) is 102 Å². The maximum Gasteiger partial charge on any atom is 0.306 e. The van der Waals surface area contributed by atoms with Crippen molar-refractivity contribution in [2.45, 2.75) is 212 Å². The van der Waals surface area contributed by atoms with E-state index in [0.29, 0.717) is 12.8 Å². The highest BCUT2D eigenvalue weighted by atomic mass is 16.6. The lowest BCUT2D eigenvalue weighted by atomic mass is 10.1. The molecule has 0 rings (SSSR count). The van der Waals surface area contributed by atoms with Crippen molar-refractivity contribution in [2.75, 3.05) is 41.0 Å². The molecule has 0 N–H and O–H groups in total. The molecule has 0 aliphatic rings. The zero-order valence-electron chi connectivity index (χ0n) is 39.4. The van der Waals surface area contributed by atoms with E-state index in [0.717, 1.165) is 70.6 Å². The quantitative estimate of drug-likeness (QED) is 0.0198. The Bertz CT molecular complexity index is 1170. The van der Waals surface area contributed by atoms with Crippen LogP contribution in [0.25, 0.3) is 0 Å². The molecule has 0 aromatic carbocycles. The minimum absolute atomic E-state index is 0.0327. The largest absolute Gasteiger partial charge is 0.544 e. The van der Waals surface area contributed by atoms with Gasteiger partial charge < -0.3 is 28.6 Å². The van der Waals surface area contributed by atoms with Gasteiger partial charge in [0, 0.05) is 19.3 Å². The number of likely N-dealkylation sites (N-methyl/N-ethyl adjacent to an activating group) is 1. The zero-order valence-corrected chi connectivity index (χ0v) is 39.4. The fourth-order valence-electron chi connectivity index (χ4n) is 6.90. The number of esters is 2. The first-order chi connectivity index (χ1) is 29.1. The Labute approximate surface area is 368 Å². The first-order valence-electron chi connectivity index (χ1n) is 24.3. The fraction of sp³-hybridized carbons (Fsp3) is 0.750. The monoisotopic (exact) mass is 842 g/mol. The van der Waals surface area contributed by atoms with Gasteiger partial charge in [-0.1, -0.05) is 171 Å². The Morgan fingerprint density at radius 1 is 0.533 bits per heavy atom. The zero-order chi connectivity index (χ0) is 44.2. The summed E-state index contributed by atoms with van der Waals surface area (Å²) >= 11 is 0. The van der Waals surface area contributed by atoms with Gasteiger partial charge >= 0.3 is 11.9 Å². The second-order valence-corrected chi connectivity index (χ2v) is 17.3. The molecule has 0 fully saturated rings. The molecule has 0 radical (unpaired) electrons. The van der Waals surface area contributed by atoms with Crippen molar-refractivity contribution in [1.82, 2.24) is 0 Å². The van der Waals surface area contributed by atoms with Crippen molar-refractivity contribution in [3.63, 3.8) is 0 Å². The van der Waals surface area contributed by atoms with E-state index >= 15 is 0 Å². The number of aliphatic carboxylic acids is 1. The van der Waals surface area contributed by atoms with Crippen LogP contribution in [-0.4, -0.2) is 75.5 Å². The van der Waals surface area contributed by atoms with Crippen LogP contribution < -0.4 is 5.11 Å². The van der Waals surface area contributed by atoms with Crippen LogP contribution in [0, 0.1) is 0 Å². The summed E-state index contributed by atoms with van der Waals surface area (Å²) in [6, 6.07) is -0.731. The van der Waals surface area contributed by atoms with Gasteiger partial charge in [-0.15, -0.1) is 0 Å². The first-order valence-corrected chi connectivity index (χ1v) is 24.3. The predicted molar refractivity (Wildman–Crippen MR) is 249 cm³/mol. The van der Waals surface area contributed by atoms with Crippen LogP contribution >= 0.6 is 0 Å². The van der Waals surface area contributed by atoms with Gasteiger partial charge in [-0.05, 0) is 70.6 Å². The second-order valence-electron chi connectivity index (χ2n) is 17.3. The van der Waals surface area contributed by atoms with Crippen LogP contribution in [0.1, 0.15) is 200 Å². The van der Waals surface area contributed by atoms with Gasteiger partial charge in [-0.3, -0.25) is 9.59 Å². The predicted octanol–water partition coefficient (Wildman–Crippen LogP) is 12.4. The molecule has 8 heteroatoms. The Morgan fingerprint density at radius 3 is 1.48 bits per heavy atom. The summed E-state index contributed by atoms with van der Waals surface area (Å²) in [5, 5.41) is 11.6. The normalized spacial score (nSPS) is 13.4. The van der Waals surface area contributed by atoms with Gasteiger partial charge in [-0.2, -0.15) is 0 Å². The van der Waals surface area contributed by atoms with E-state index in [1.54, 1.807) is 21.1 Å². The summed E-state index contributed by atoms with van der Waals surface area (Å²) in [5.41, 5.74) is 0. The lowest BCUT2D eigenvalue weighted by Crippen LogP contribution is -2.55. The molecule has 0 aliphatic carbocycles. The third kappa shape index (κ3) is 40.4. The summed E-state index contributed by atoms with van der Waals surface area (Å²) in [6.07, 6.45) is 52.4. The minimum Gasteiger partial charge on any atom is -0.544 e. The average molecular weight is 842 g/mol. The maximum atomic E-state index is 12.7. The van der Waals surface area contributed by atoms with E-state index in [1.807, 2.05) is 0 Å². The molecular weight excluding hydrogens is 751 g/mol. The van der Waals surface area contributed by atoms with Gasteiger partial charge in [0.15, 0.2) is 6.10 Å². The maximum absolute atomic E-state index is 12.7. The number of rotatable bonds is 43. The number of unbranched alkanes of at least 4 members (excludes halogenated alkanes) is 20. The molecule has 0 aliphatic heterocycles. The van der Waals surface area contributed by atoms with Gasteiger partial charge in [0.25, 0.3) is 0 Å². The molecule has 0 saturated heterocycles. The van der Waals surface area contributed by atoms with Crippen LogP contribution in [0.2, 0.25) is 0 Å². The van der Waals surface area contributed by atoms with Gasteiger partial charge in [0.1, 0.15) is 12.6 Å². The number of carbonyl (C=O) groups is 3. The highest BCUT2D eigenvalue weighted by Crippen LogP contribution is 2.14. The van der Waals surface area contributed by atoms with Crippen LogP contribution in [0.15, 0.2) is 60.8 Å².